The van der Waals surface area contributed by atoms with Gasteiger partial charge in [0.25, 0.3) is 0 Å². The first-order valence-electron chi connectivity index (χ1n) is 4.75. The molecule has 1 fully saturated rings. The van der Waals surface area contributed by atoms with Gasteiger partial charge in [0.2, 0.25) is 5.91 Å². The number of carbonyl (C=O) groups excluding carboxylic acids is 2. The van der Waals surface area contributed by atoms with Gasteiger partial charge in [-0.25, -0.2) is 0 Å². The molecule has 0 aromatic carbocycles. The molecule has 1 saturated heterocycles. The summed E-state index contributed by atoms with van der Waals surface area (Å²) >= 11 is 0. The highest BCUT2D eigenvalue weighted by atomic mass is 16.5. The number of amides is 1. The van der Waals surface area contributed by atoms with Crippen LogP contribution in [-0.4, -0.2) is 43.1 Å². The topological polar surface area (TPSA) is 69.7 Å². The summed E-state index contributed by atoms with van der Waals surface area (Å²) in [5.41, 5.74) is 0. The number of aliphatic carboxylic acids is 1. The Bertz CT molecular complexity index is 211. The lowest BCUT2D eigenvalue weighted by molar-refractivity contribution is -0.309. The van der Waals surface area contributed by atoms with Crippen LogP contribution in [0.15, 0.2) is 0 Å². The van der Waals surface area contributed by atoms with Gasteiger partial charge in [0.05, 0.1) is 12.6 Å². The predicted octanol–water partition coefficient (Wildman–Crippen LogP) is -1.23. The summed E-state index contributed by atoms with van der Waals surface area (Å²) in [5.74, 6) is -1.43. The molecule has 0 aromatic rings. The fourth-order valence-corrected chi connectivity index (χ4v) is 1.46. The maximum absolute atomic E-state index is 11.4. The number of carbonyl (C=O) groups is 2. The summed E-state index contributed by atoms with van der Waals surface area (Å²) < 4.78 is 4.66. The lowest BCUT2D eigenvalue weighted by Gasteiger charge is -2.26. The first-order chi connectivity index (χ1) is 6.70. The number of ether oxygens (including phenoxy) is 1. The van der Waals surface area contributed by atoms with Crippen LogP contribution in [0, 0.1) is 0 Å². The molecule has 0 spiro atoms. The lowest BCUT2D eigenvalue weighted by atomic mass is 10.1. The SMILES string of the molecule is O=C([O-])COCC(=O)N1CCCCC1. The molecule has 5 heteroatoms. The van der Waals surface area contributed by atoms with Gasteiger partial charge in [0.15, 0.2) is 0 Å². The van der Waals surface area contributed by atoms with E-state index in [1.54, 1.807) is 4.90 Å². The minimum absolute atomic E-state index is 0.133. The summed E-state index contributed by atoms with van der Waals surface area (Å²) in [6.07, 6.45) is 3.20. The van der Waals surface area contributed by atoms with Crippen molar-refractivity contribution < 1.29 is 19.4 Å². The molecule has 0 bridgehead atoms. The van der Waals surface area contributed by atoms with E-state index >= 15 is 0 Å². The number of hydrogen-bond acceptors (Lipinski definition) is 4. The van der Waals surface area contributed by atoms with Gasteiger partial charge in [-0.1, -0.05) is 0 Å². The van der Waals surface area contributed by atoms with E-state index in [2.05, 4.69) is 4.74 Å². The van der Waals surface area contributed by atoms with Crippen LogP contribution in [0.2, 0.25) is 0 Å². The minimum Gasteiger partial charge on any atom is -0.548 e. The highest BCUT2D eigenvalue weighted by molar-refractivity contribution is 5.77. The molecule has 0 aliphatic carbocycles. The molecule has 1 heterocycles. The van der Waals surface area contributed by atoms with E-state index in [9.17, 15) is 14.7 Å². The summed E-state index contributed by atoms with van der Waals surface area (Å²) in [4.78, 5) is 23.1. The third-order valence-electron chi connectivity index (χ3n) is 2.15. The minimum atomic E-state index is -1.29. The molecule has 5 nitrogen and oxygen atoms in total. The number of nitrogens with zero attached hydrogens (tertiary/aromatic N) is 1. The van der Waals surface area contributed by atoms with Crippen LogP contribution in [0.5, 0.6) is 0 Å². The third-order valence-corrected chi connectivity index (χ3v) is 2.15. The fourth-order valence-electron chi connectivity index (χ4n) is 1.46. The molecule has 80 valence electrons. The first-order valence-corrected chi connectivity index (χ1v) is 4.75. The second kappa shape index (κ2) is 5.59. The maximum atomic E-state index is 11.4. The number of hydrogen-bond donors (Lipinski definition) is 0. The summed E-state index contributed by atoms with van der Waals surface area (Å²) in [7, 11) is 0. The van der Waals surface area contributed by atoms with Gasteiger partial charge in [0, 0.05) is 13.1 Å². The van der Waals surface area contributed by atoms with Crippen molar-refractivity contribution in [3.63, 3.8) is 0 Å². The Hall–Kier alpha value is -1.10. The van der Waals surface area contributed by atoms with Crippen molar-refractivity contribution in [1.82, 2.24) is 4.90 Å². The summed E-state index contributed by atoms with van der Waals surface area (Å²) in [6, 6.07) is 0. The normalized spacial score (nSPS) is 16.7. The van der Waals surface area contributed by atoms with Crippen LogP contribution in [-0.2, 0) is 14.3 Å². The van der Waals surface area contributed by atoms with Gasteiger partial charge in [-0.05, 0) is 19.3 Å². The van der Waals surface area contributed by atoms with Crippen LogP contribution in [0.25, 0.3) is 0 Å². The van der Waals surface area contributed by atoms with E-state index in [1.807, 2.05) is 0 Å². The molecule has 0 saturated carbocycles. The second-order valence-corrected chi connectivity index (χ2v) is 3.31. The highest BCUT2D eigenvalue weighted by Gasteiger charge is 2.15. The number of carboxylic acid groups (broad SMARTS) is 1. The van der Waals surface area contributed by atoms with Gasteiger partial charge in [-0.2, -0.15) is 0 Å². The van der Waals surface area contributed by atoms with Gasteiger partial charge in [0.1, 0.15) is 6.61 Å². The zero-order valence-electron chi connectivity index (χ0n) is 8.03. The molecule has 1 aliphatic heterocycles. The first kappa shape index (κ1) is 11.0. The monoisotopic (exact) mass is 200 g/mol. The van der Waals surface area contributed by atoms with Crippen LogP contribution in [0.3, 0.4) is 0 Å². The van der Waals surface area contributed by atoms with Crippen LogP contribution < -0.4 is 5.11 Å². The molecule has 0 N–H and O–H groups in total. The summed E-state index contributed by atoms with van der Waals surface area (Å²) in [6.45, 7) is 0.842. The average Bonchev–Trinajstić information content (AvgIpc) is 2.18. The van der Waals surface area contributed by atoms with Crippen molar-refractivity contribution in [2.75, 3.05) is 26.3 Å². The highest BCUT2D eigenvalue weighted by Crippen LogP contribution is 2.08. The molecule has 0 atom stereocenters. The Balaban J connectivity index is 2.16. The van der Waals surface area contributed by atoms with E-state index in [1.165, 1.54) is 0 Å². The van der Waals surface area contributed by atoms with Gasteiger partial charge in [-0.3, -0.25) is 4.79 Å². The van der Waals surface area contributed by atoms with E-state index in [4.69, 9.17) is 0 Å². The Morgan fingerprint density at radius 3 is 2.36 bits per heavy atom. The number of carboxylic acids is 1. The summed E-state index contributed by atoms with van der Waals surface area (Å²) in [5, 5.41) is 10.00. The van der Waals surface area contributed by atoms with Crippen molar-refractivity contribution >= 4 is 11.9 Å². The van der Waals surface area contributed by atoms with Gasteiger partial charge < -0.3 is 19.5 Å². The van der Waals surface area contributed by atoms with E-state index in [0.29, 0.717) is 0 Å². The van der Waals surface area contributed by atoms with E-state index in [0.717, 1.165) is 32.4 Å². The Kier molecular flexibility index (Phi) is 4.39. The fraction of sp³-hybridized carbons (Fsp3) is 0.778. The van der Waals surface area contributed by atoms with Crippen molar-refractivity contribution in [2.24, 2.45) is 0 Å². The van der Waals surface area contributed by atoms with Crippen molar-refractivity contribution in [3.8, 4) is 0 Å². The average molecular weight is 200 g/mol. The Labute approximate surface area is 82.6 Å². The predicted molar refractivity (Wildman–Crippen MR) is 46.3 cm³/mol. The molecule has 1 amide bonds. The number of piperidine rings is 1. The molecule has 14 heavy (non-hydrogen) atoms. The van der Waals surface area contributed by atoms with E-state index in [-0.39, 0.29) is 12.5 Å². The number of likely N-dealkylation sites (tertiary alicyclic amines) is 1. The second-order valence-electron chi connectivity index (χ2n) is 3.31. The standard InChI is InChI=1S/C9H15NO4/c11-8(6-14-7-9(12)13)10-4-2-1-3-5-10/h1-7H2,(H,12,13)/p-1. The molecule has 0 radical (unpaired) electrons. The van der Waals surface area contributed by atoms with Crippen LogP contribution in [0.1, 0.15) is 19.3 Å². The van der Waals surface area contributed by atoms with Crippen molar-refractivity contribution in [2.45, 2.75) is 19.3 Å². The molecule has 1 aliphatic rings. The Morgan fingerprint density at radius 1 is 1.14 bits per heavy atom. The van der Waals surface area contributed by atoms with Crippen LogP contribution >= 0.6 is 0 Å². The molecular formula is C9H14NO4-. The van der Waals surface area contributed by atoms with Gasteiger partial charge >= 0.3 is 0 Å². The zero-order valence-corrected chi connectivity index (χ0v) is 8.03. The van der Waals surface area contributed by atoms with Crippen LogP contribution in [0.4, 0.5) is 0 Å². The van der Waals surface area contributed by atoms with Gasteiger partial charge in [-0.15, -0.1) is 0 Å². The zero-order chi connectivity index (χ0) is 10.4. The lowest BCUT2D eigenvalue weighted by Crippen LogP contribution is -2.39. The molecular weight excluding hydrogens is 186 g/mol. The van der Waals surface area contributed by atoms with Crippen molar-refractivity contribution in [1.29, 1.82) is 0 Å². The van der Waals surface area contributed by atoms with E-state index < -0.39 is 12.6 Å². The quantitative estimate of drug-likeness (QED) is 0.569. The maximum Gasteiger partial charge on any atom is 0.248 e. The smallest absolute Gasteiger partial charge is 0.248 e. The van der Waals surface area contributed by atoms with Crippen molar-refractivity contribution in [3.05, 3.63) is 0 Å². The Morgan fingerprint density at radius 2 is 1.79 bits per heavy atom. The molecule has 0 aromatic heterocycles. The largest absolute Gasteiger partial charge is 0.548 e. The molecule has 1 rings (SSSR count). The third kappa shape index (κ3) is 3.74. The molecule has 0 unspecified atom stereocenters. The number of rotatable bonds is 4.